The Bertz CT molecular complexity index is 440. The lowest BCUT2D eigenvalue weighted by atomic mass is 10.2. The normalized spacial score (nSPS) is 20.8. The summed E-state index contributed by atoms with van der Waals surface area (Å²) in [6, 6.07) is 2.02. The summed E-state index contributed by atoms with van der Waals surface area (Å²) in [6.07, 6.45) is 4.57. The number of hydrogen-bond donors (Lipinski definition) is 0. The van der Waals surface area contributed by atoms with Gasteiger partial charge in [-0.25, -0.2) is 4.98 Å². The molecule has 19 heavy (non-hydrogen) atoms. The standard InChI is InChI=1S/C14H19Cl2N3/c15-8-12-7-14(17-9-13(12)16)19-5-3-18(4-6-19)10-11-1-2-11/h7,9,11H,1-6,8,10H2. The Kier molecular flexibility index (Phi) is 4.15. The molecule has 0 atom stereocenters. The number of alkyl halides is 1. The van der Waals surface area contributed by atoms with Crippen molar-refractivity contribution in [2.75, 3.05) is 37.6 Å². The van der Waals surface area contributed by atoms with Crippen molar-refractivity contribution in [3.63, 3.8) is 0 Å². The molecule has 0 unspecified atom stereocenters. The van der Waals surface area contributed by atoms with Gasteiger partial charge in [-0.3, -0.25) is 4.90 Å². The van der Waals surface area contributed by atoms with E-state index >= 15 is 0 Å². The third-order valence-electron chi connectivity index (χ3n) is 3.97. The topological polar surface area (TPSA) is 19.4 Å². The van der Waals surface area contributed by atoms with E-state index in [2.05, 4.69) is 14.8 Å². The number of rotatable bonds is 4. The fourth-order valence-electron chi connectivity index (χ4n) is 2.57. The zero-order valence-corrected chi connectivity index (χ0v) is 12.5. The molecule has 0 N–H and O–H groups in total. The Labute approximate surface area is 124 Å². The Morgan fingerprint density at radius 1 is 1.21 bits per heavy atom. The summed E-state index contributed by atoms with van der Waals surface area (Å²) < 4.78 is 0. The molecule has 5 heteroatoms. The molecule has 2 aliphatic rings. The van der Waals surface area contributed by atoms with Crippen molar-refractivity contribution in [2.45, 2.75) is 18.7 Å². The van der Waals surface area contributed by atoms with Crippen molar-refractivity contribution in [1.82, 2.24) is 9.88 Å². The summed E-state index contributed by atoms with van der Waals surface area (Å²) >= 11 is 11.9. The molecular weight excluding hydrogens is 281 g/mol. The molecule has 3 nitrogen and oxygen atoms in total. The van der Waals surface area contributed by atoms with Crippen LogP contribution in [-0.4, -0.2) is 42.6 Å². The van der Waals surface area contributed by atoms with Crippen LogP contribution in [0.2, 0.25) is 5.02 Å². The smallest absolute Gasteiger partial charge is 0.128 e. The van der Waals surface area contributed by atoms with Crippen molar-refractivity contribution >= 4 is 29.0 Å². The fourth-order valence-corrected chi connectivity index (χ4v) is 3.03. The van der Waals surface area contributed by atoms with Gasteiger partial charge in [0.25, 0.3) is 0 Å². The van der Waals surface area contributed by atoms with Gasteiger partial charge in [0.2, 0.25) is 0 Å². The summed E-state index contributed by atoms with van der Waals surface area (Å²) in [5, 5.41) is 0.658. The quantitative estimate of drug-likeness (QED) is 0.797. The maximum atomic E-state index is 6.05. The molecule has 1 aromatic rings. The molecule has 2 fully saturated rings. The van der Waals surface area contributed by atoms with Crippen LogP contribution in [0.3, 0.4) is 0 Å². The van der Waals surface area contributed by atoms with Crippen molar-refractivity contribution < 1.29 is 0 Å². The van der Waals surface area contributed by atoms with Gasteiger partial charge in [0.05, 0.1) is 5.02 Å². The first-order valence-corrected chi connectivity index (χ1v) is 7.85. The highest BCUT2D eigenvalue weighted by Gasteiger charge is 2.26. The number of aromatic nitrogens is 1. The van der Waals surface area contributed by atoms with Crippen molar-refractivity contribution in [3.8, 4) is 0 Å². The molecule has 0 aromatic carbocycles. The van der Waals surface area contributed by atoms with E-state index in [9.17, 15) is 0 Å². The van der Waals surface area contributed by atoms with Crippen LogP contribution < -0.4 is 4.90 Å². The van der Waals surface area contributed by atoms with Crippen LogP contribution >= 0.6 is 23.2 Å². The minimum Gasteiger partial charge on any atom is -0.354 e. The number of halogens is 2. The van der Waals surface area contributed by atoms with Crippen molar-refractivity contribution in [2.24, 2.45) is 5.92 Å². The largest absolute Gasteiger partial charge is 0.354 e. The first-order valence-electron chi connectivity index (χ1n) is 6.94. The van der Waals surface area contributed by atoms with Gasteiger partial charge in [-0.2, -0.15) is 0 Å². The van der Waals surface area contributed by atoms with Gasteiger partial charge in [0.1, 0.15) is 5.82 Å². The molecule has 1 saturated heterocycles. The molecular formula is C14H19Cl2N3. The predicted molar refractivity (Wildman–Crippen MR) is 80.2 cm³/mol. The zero-order chi connectivity index (χ0) is 13.2. The highest BCUT2D eigenvalue weighted by molar-refractivity contribution is 6.32. The van der Waals surface area contributed by atoms with Gasteiger partial charge in [-0.15, -0.1) is 11.6 Å². The van der Waals surface area contributed by atoms with E-state index in [1.54, 1.807) is 6.20 Å². The van der Waals surface area contributed by atoms with Gasteiger partial charge < -0.3 is 4.90 Å². The maximum absolute atomic E-state index is 6.05. The lowest BCUT2D eigenvalue weighted by molar-refractivity contribution is 0.247. The van der Waals surface area contributed by atoms with Crippen LogP contribution in [0.15, 0.2) is 12.3 Å². The summed E-state index contributed by atoms with van der Waals surface area (Å²) in [6.45, 7) is 5.65. The number of hydrogen-bond acceptors (Lipinski definition) is 3. The molecule has 0 radical (unpaired) electrons. The average molecular weight is 300 g/mol. The molecule has 0 spiro atoms. The average Bonchev–Trinajstić information content (AvgIpc) is 3.24. The number of pyridine rings is 1. The minimum atomic E-state index is 0.440. The second-order valence-electron chi connectivity index (χ2n) is 5.50. The van der Waals surface area contributed by atoms with Crippen LogP contribution in [0, 0.1) is 5.92 Å². The first-order chi connectivity index (χ1) is 9.26. The summed E-state index contributed by atoms with van der Waals surface area (Å²) in [5.41, 5.74) is 0.966. The predicted octanol–water partition coefficient (Wildman–Crippen LogP) is 3.01. The first kappa shape index (κ1) is 13.5. The van der Waals surface area contributed by atoms with Crippen LogP contribution in [0.4, 0.5) is 5.82 Å². The molecule has 1 aliphatic carbocycles. The van der Waals surface area contributed by atoms with Gasteiger partial charge in [-0.05, 0) is 30.4 Å². The van der Waals surface area contributed by atoms with Crippen LogP contribution in [-0.2, 0) is 5.88 Å². The second kappa shape index (κ2) is 5.86. The summed E-state index contributed by atoms with van der Waals surface area (Å²) in [4.78, 5) is 9.33. The SMILES string of the molecule is ClCc1cc(N2CCN(CC3CC3)CC2)ncc1Cl. The molecule has 3 rings (SSSR count). The Morgan fingerprint density at radius 3 is 2.58 bits per heavy atom. The van der Waals surface area contributed by atoms with Crippen molar-refractivity contribution in [1.29, 1.82) is 0 Å². The highest BCUT2D eigenvalue weighted by Crippen LogP contribution is 2.30. The minimum absolute atomic E-state index is 0.440. The van der Waals surface area contributed by atoms with Crippen LogP contribution in [0.1, 0.15) is 18.4 Å². The molecule has 104 valence electrons. The Hall–Kier alpha value is -0.510. The van der Waals surface area contributed by atoms with E-state index < -0.39 is 0 Å². The summed E-state index contributed by atoms with van der Waals surface area (Å²) in [5.74, 6) is 2.42. The monoisotopic (exact) mass is 299 g/mol. The van der Waals surface area contributed by atoms with Gasteiger partial charge >= 0.3 is 0 Å². The third-order valence-corrected chi connectivity index (χ3v) is 4.60. The molecule has 0 bridgehead atoms. The fraction of sp³-hybridized carbons (Fsp3) is 0.643. The molecule has 1 aromatic heterocycles. The van der Waals surface area contributed by atoms with Gasteiger partial charge in [0, 0.05) is 44.8 Å². The highest BCUT2D eigenvalue weighted by atomic mass is 35.5. The Balaban J connectivity index is 1.60. The zero-order valence-electron chi connectivity index (χ0n) is 11.0. The van der Waals surface area contributed by atoms with E-state index in [4.69, 9.17) is 23.2 Å². The van der Waals surface area contributed by atoms with E-state index in [0.717, 1.165) is 43.5 Å². The summed E-state index contributed by atoms with van der Waals surface area (Å²) in [7, 11) is 0. The van der Waals surface area contributed by atoms with E-state index in [1.165, 1.54) is 19.4 Å². The molecule has 1 aliphatic heterocycles. The lowest BCUT2D eigenvalue weighted by Gasteiger charge is -2.35. The van der Waals surface area contributed by atoms with E-state index in [1.807, 2.05) is 6.07 Å². The number of piperazine rings is 1. The van der Waals surface area contributed by atoms with Crippen LogP contribution in [0.5, 0.6) is 0 Å². The second-order valence-corrected chi connectivity index (χ2v) is 6.17. The van der Waals surface area contributed by atoms with E-state index in [-0.39, 0.29) is 0 Å². The third kappa shape index (κ3) is 3.33. The Morgan fingerprint density at radius 2 is 1.95 bits per heavy atom. The number of anilines is 1. The molecule has 1 saturated carbocycles. The van der Waals surface area contributed by atoms with Crippen LogP contribution in [0.25, 0.3) is 0 Å². The molecule has 0 amide bonds. The van der Waals surface area contributed by atoms with Gasteiger partial charge in [-0.1, -0.05) is 11.6 Å². The lowest BCUT2D eigenvalue weighted by Crippen LogP contribution is -2.47. The van der Waals surface area contributed by atoms with E-state index in [0.29, 0.717) is 10.9 Å². The van der Waals surface area contributed by atoms with Gasteiger partial charge in [0.15, 0.2) is 0 Å². The molecule has 2 heterocycles. The van der Waals surface area contributed by atoms with Crippen molar-refractivity contribution in [3.05, 3.63) is 22.8 Å². The number of nitrogens with zero attached hydrogens (tertiary/aromatic N) is 3. The maximum Gasteiger partial charge on any atom is 0.128 e.